The number of hydrogen-bond acceptors (Lipinski definition) is 5. The van der Waals surface area contributed by atoms with Gasteiger partial charge in [-0.3, -0.25) is 0 Å². The Balaban J connectivity index is 2.55. The molecule has 0 aliphatic carbocycles. The lowest BCUT2D eigenvalue weighted by atomic mass is 10.3. The van der Waals surface area contributed by atoms with Crippen LogP contribution in [0, 0.1) is 0 Å². The van der Waals surface area contributed by atoms with E-state index >= 15 is 0 Å². The van der Waals surface area contributed by atoms with Gasteiger partial charge in [-0.05, 0) is 28.1 Å². The molecule has 2 aromatic heterocycles. The summed E-state index contributed by atoms with van der Waals surface area (Å²) in [6, 6.07) is 3.34. The summed E-state index contributed by atoms with van der Waals surface area (Å²) < 4.78 is 5.31. The molecule has 2 aromatic rings. The molecule has 0 aliphatic rings. The van der Waals surface area contributed by atoms with Crippen LogP contribution in [0.3, 0.4) is 0 Å². The van der Waals surface area contributed by atoms with E-state index in [1.807, 2.05) is 0 Å². The Hall–Kier alpha value is -1.01. The van der Waals surface area contributed by atoms with Gasteiger partial charge in [0, 0.05) is 0 Å². The number of fused-ring (bicyclic) bond motifs is 1. The van der Waals surface area contributed by atoms with Crippen LogP contribution in [-0.2, 0) is 4.74 Å². The second-order valence-corrected chi connectivity index (χ2v) is 4.73. The highest BCUT2D eigenvalue weighted by Gasteiger charge is 2.09. The smallest absolute Gasteiger partial charge is 0.356 e. The molecule has 0 atom stereocenters. The summed E-state index contributed by atoms with van der Waals surface area (Å²) in [6.07, 6.45) is 0. The van der Waals surface area contributed by atoms with Crippen molar-refractivity contribution in [2.75, 3.05) is 7.11 Å². The van der Waals surface area contributed by atoms with Gasteiger partial charge in [-0.25, -0.2) is 14.8 Å². The maximum absolute atomic E-state index is 11.2. The van der Waals surface area contributed by atoms with E-state index in [9.17, 15) is 4.79 Å². The van der Waals surface area contributed by atoms with Crippen LogP contribution >= 0.6 is 27.3 Å². The SMILES string of the molecule is COC(=O)c1ccc2nc(Br)sc2n1. The summed E-state index contributed by atoms with van der Waals surface area (Å²) in [6.45, 7) is 0. The minimum absolute atomic E-state index is 0.302. The monoisotopic (exact) mass is 272 g/mol. The first-order valence-electron chi connectivity index (χ1n) is 3.72. The van der Waals surface area contributed by atoms with Crippen LogP contribution in [-0.4, -0.2) is 23.0 Å². The van der Waals surface area contributed by atoms with Gasteiger partial charge in [-0.1, -0.05) is 11.3 Å². The second kappa shape index (κ2) is 3.62. The number of nitrogens with zero attached hydrogens (tertiary/aromatic N) is 2. The van der Waals surface area contributed by atoms with E-state index in [-0.39, 0.29) is 0 Å². The van der Waals surface area contributed by atoms with E-state index in [4.69, 9.17) is 0 Å². The molecule has 0 N–H and O–H groups in total. The van der Waals surface area contributed by atoms with Gasteiger partial charge < -0.3 is 4.74 Å². The first-order chi connectivity index (χ1) is 6.70. The van der Waals surface area contributed by atoms with Gasteiger partial charge in [0.05, 0.1) is 7.11 Å². The number of thiazole rings is 1. The molecule has 6 heteroatoms. The number of hydrogen-bond donors (Lipinski definition) is 0. The van der Waals surface area contributed by atoms with Gasteiger partial charge >= 0.3 is 5.97 Å². The van der Waals surface area contributed by atoms with E-state index in [1.165, 1.54) is 18.4 Å². The van der Waals surface area contributed by atoms with Gasteiger partial charge in [0.15, 0.2) is 3.92 Å². The molecule has 72 valence electrons. The number of aromatic nitrogens is 2. The minimum Gasteiger partial charge on any atom is -0.464 e. The molecule has 0 saturated carbocycles. The third-order valence-corrected chi connectivity index (χ3v) is 3.04. The molecule has 4 nitrogen and oxygen atoms in total. The van der Waals surface area contributed by atoms with Crippen LogP contribution in [0.4, 0.5) is 0 Å². The molecule has 0 aliphatic heterocycles. The normalized spacial score (nSPS) is 10.4. The van der Waals surface area contributed by atoms with Crippen molar-refractivity contribution >= 4 is 43.6 Å². The lowest BCUT2D eigenvalue weighted by Gasteiger charge is -1.96. The Morgan fingerprint density at radius 2 is 2.29 bits per heavy atom. The maximum atomic E-state index is 11.2. The van der Waals surface area contributed by atoms with Crippen molar-refractivity contribution in [3.63, 3.8) is 0 Å². The zero-order chi connectivity index (χ0) is 10.1. The van der Waals surface area contributed by atoms with Crippen molar-refractivity contribution in [1.82, 2.24) is 9.97 Å². The Labute approximate surface area is 92.1 Å². The van der Waals surface area contributed by atoms with Crippen LogP contribution in [0.15, 0.2) is 16.0 Å². The average Bonchev–Trinajstić information content (AvgIpc) is 2.55. The number of carbonyl (C=O) groups is 1. The van der Waals surface area contributed by atoms with Crippen LogP contribution in [0.25, 0.3) is 10.3 Å². The molecule has 0 radical (unpaired) electrons. The molecule has 2 heterocycles. The van der Waals surface area contributed by atoms with E-state index in [0.29, 0.717) is 5.69 Å². The van der Waals surface area contributed by atoms with Gasteiger partial charge in [-0.15, -0.1) is 0 Å². The maximum Gasteiger partial charge on any atom is 0.356 e. The summed E-state index contributed by atoms with van der Waals surface area (Å²) in [7, 11) is 1.33. The van der Waals surface area contributed by atoms with Crippen molar-refractivity contribution < 1.29 is 9.53 Å². The van der Waals surface area contributed by atoms with Crippen LogP contribution in [0.2, 0.25) is 0 Å². The number of halogens is 1. The molecule has 0 spiro atoms. The van der Waals surface area contributed by atoms with Gasteiger partial charge in [-0.2, -0.15) is 0 Å². The predicted molar refractivity (Wildman–Crippen MR) is 56.5 cm³/mol. The summed E-state index contributed by atoms with van der Waals surface area (Å²) in [5.41, 5.74) is 1.07. The summed E-state index contributed by atoms with van der Waals surface area (Å²) >= 11 is 4.64. The molecule has 0 aromatic carbocycles. The fourth-order valence-corrected chi connectivity index (χ4v) is 2.33. The lowest BCUT2D eigenvalue weighted by Crippen LogP contribution is -2.03. The number of methoxy groups -OCH3 is 1. The Morgan fingerprint density at radius 1 is 1.50 bits per heavy atom. The van der Waals surface area contributed by atoms with E-state index in [1.54, 1.807) is 12.1 Å². The molecule has 2 rings (SSSR count). The van der Waals surface area contributed by atoms with E-state index < -0.39 is 5.97 Å². The van der Waals surface area contributed by atoms with Gasteiger partial charge in [0.2, 0.25) is 0 Å². The first kappa shape index (κ1) is 9.54. The van der Waals surface area contributed by atoms with Crippen molar-refractivity contribution in [3.8, 4) is 0 Å². The van der Waals surface area contributed by atoms with Crippen molar-refractivity contribution in [2.45, 2.75) is 0 Å². The highest BCUT2D eigenvalue weighted by molar-refractivity contribution is 9.11. The van der Waals surface area contributed by atoms with E-state index in [2.05, 4.69) is 30.6 Å². The molecule has 0 unspecified atom stereocenters. The van der Waals surface area contributed by atoms with E-state index in [0.717, 1.165) is 14.3 Å². The number of rotatable bonds is 1. The number of pyridine rings is 1. The standard InChI is InChI=1S/C8H5BrN2O2S/c1-13-7(12)5-3-2-4-6(10-5)14-8(9)11-4/h2-3H,1H3. The fourth-order valence-electron chi connectivity index (χ4n) is 1.01. The predicted octanol–water partition coefficient (Wildman–Crippen LogP) is 2.24. The second-order valence-electron chi connectivity index (χ2n) is 2.48. The zero-order valence-corrected chi connectivity index (χ0v) is 9.55. The van der Waals surface area contributed by atoms with Gasteiger partial charge in [0.1, 0.15) is 16.0 Å². The molecule has 14 heavy (non-hydrogen) atoms. The molecule has 0 saturated heterocycles. The molecule has 0 fully saturated rings. The van der Waals surface area contributed by atoms with Crippen molar-refractivity contribution in [2.24, 2.45) is 0 Å². The summed E-state index contributed by atoms with van der Waals surface area (Å²) in [4.78, 5) is 20.2. The highest BCUT2D eigenvalue weighted by atomic mass is 79.9. The number of carbonyl (C=O) groups excluding carboxylic acids is 1. The van der Waals surface area contributed by atoms with Crippen LogP contribution < -0.4 is 0 Å². The Bertz CT molecular complexity index is 497. The molecular weight excluding hydrogens is 268 g/mol. The Kier molecular flexibility index (Phi) is 2.47. The van der Waals surface area contributed by atoms with Crippen LogP contribution in [0.1, 0.15) is 10.5 Å². The molecule has 0 amide bonds. The van der Waals surface area contributed by atoms with Crippen molar-refractivity contribution in [1.29, 1.82) is 0 Å². The topological polar surface area (TPSA) is 52.1 Å². The third-order valence-electron chi connectivity index (χ3n) is 1.62. The quantitative estimate of drug-likeness (QED) is 0.748. The molecule has 0 bridgehead atoms. The van der Waals surface area contributed by atoms with Gasteiger partial charge in [0.25, 0.3) is 0 Å². The van der Waals surface area contributed by atoms with Crippen LogP contribution in [0.5, 0.6) is 0 Å². The first-order valence-corrected chi connectivity index (χ1v) is 5.33. The number of ether oxygens (including phenoxy) is 1. The minimum atomic E-state index is -0.434. The zero-order valence-electron chi connectivity index (χ0n) is 7.15. The largest absolute Gasteiger partial charge is 0.464 e. The highest BCUT2D eigenvalue weighted by Crippen LogP contribution is 2.24. The van der Waals surface area contributed by atoms with Crippen molar-refractivity contribution in [3.05, 3.63) is 21.7 Å². The average molecular weight is 273 g/mol. The number of esters is 1. The Morgan fingerprint density at radius 3 is 3.00 bits per heavy atom. The molecular formula is C8H5BrN2O2S. The summed E-state index contributed by atoms with van der Waals surface area (Å²) in [5.74, 6) is -0.434. The third kappa shape index (κ3) is 1.62. The fraction of sp³-hybridized carbons (Fsp3) is 0.125. The summed E-state index contributed by atoms with van der Waals surface area (Å²) in [5, 5.41) is 0. The lowest BCUT2D eigenvalue weighted by molar-refractivity contribution is 0.0594.